The minimum Gasteiger partial charge on any atom is -0.383 e. The number of hydrogen-bond donors (Lipinski definition) is 1. The van der Waals surface area contributed by atoms with Gasteiger partial charge in [-0.2, -0.15) is 0 Å². The quantitative estimate of drug-likeness (QED) is 0.516. The van der Waals surface area contributed by atoms with Crippen molar-refractivity contribution in [3.8, 4) is 0 Å². The summed E-state index contributed by atoms with van der Waals surface area (Å²) in [5, 5.41) is 3.29. The lowest BCUT2D eigenvalue weighted by molar-refractivity contribution is 0.342. The maximum absolute atomic E-state index is 6.16. The molecule has 0 radical (unpaired) electrons. The summed E-state index contributed by atoms with van der Waals surface area (Å²) in [6.07, 6.45) is 5.92. The van der Waals surface area contributed by atoms with Crippen LogP contribution in [0.2, 0.25) is 0 Å². The Kier molecular flexibility index (Phi) is 6.01. The summed E-state index contributed by atoms with van der Waals surface area (Å²) >= 11 is 1.62. The Labute approximate surface area is 164 Å². The molecule has 6 heteroatoms. The van der Waals surface area contributed by atoms with Gasteiger partial charge < -0.3 is 15.2 Å². The number of rotatable bonds is 3. The van der Waals surface area contributed by atoms with Crippen LogP contribution in [0.5, 0.6) is 0 Å². The lowest BCUT2D eigenvalue weighted by Gasteiger charge is -2.18. The first kappa shape index (κ1) is 19.0. The van der Waals surface area contributed by atoms with E-state index in [4.69, 9.17) is 5.73 Å². The topological polar surface area (TPSA) is 46.5 Å². The summed E-state index contributed by atoms with van der Waals surface area (Å²) in [5.41, 5.74) is 8.34. The summed E-state index contributed by atoms with van der Waals surface area (Å²) in [6, 6.07) is 13.1. The van der Waals surface area contributed by atoms with Crippen molar-refractivity contribution in [1.29, 1.82) is 0 Å². The normalized spacial score (nSPS) is 19.3. The third-order valence-electron chi connectivity index (χ3n) is 5.04. The molecule has 3 heterocycles. The molecular formula is C20H25ClN4S. The van der Waals surface area contributed by atoms with Gasteiger partial charge in [0.1, 0.15) is 5.84 Å². The third-order valence-corrected chi connectivity index (χ3v) is 5.94. The SMILES string of the molecule is CN1CCCC(n2ccc3ccc(N=C(N)c4cccs4)cc32)CC1.Cl. The monoisotopic (exact) mass is 388 g/mol. The lowest BCUT2D eigenvalue weighted by atomic mass is 10.1. The first-order valence-corrected chi connectivity index (χ1v) is 9.76. The van der Waals surface area contributed by atoms with Gasteiger partial charge >= 0.3 is 0 Å². The summed E-state index contributed by atoms with van der Waals surface area (Å²) in [6.45, 7) is 2.36. The minimum atomic E-state index is 0. The fraction of sp³-hybridized carbons (Fsp3) is 0.350. The fourth-order valence-electron chi connectivity index (χ4n) is 3.64. The van der Waals surface area contributed by atoms with Crippen molar-refractivity contribution < 1.29 is 0 Å². The van der Waals surface area contributed by atoms with Crippen molar-refractivity contribution in [1.82, 2.24) is 9.47 Å². The van der Waals surface area contributed by atoms with Gasteiger partial charge in [-0.25, -0.2) is 4.99 Å². The van der Waals surface area contributed by atoms with E-state index in [9.17, 15) is 0 Å². The second kappa shape index (κ2) is 8.25. The molecule has 1 unspecified atom stereocenters. The van der Waals surface area contributed by atoms with Crippen LogP contribution in [0.4, 0.5) is 5.69 Å². The number of likely N-dealkylation sites (tertiary alicyclic amines) is 1. The molecule has 26 heavy (non-hydrogen) atoms. The predicted octanol–water partition coefficient (Wildman–Crippen LogP) is 4.82. The number of aromatic nitrogens is 1. The average Bonchev–Trinajstić information content (AvgIpc) is 3.23. The van der Waals surface area contributed by atoms with Gasteiger partial charge in [0.05, 0.1) is 16.1 Å². The van der Waals surface area contributed by atoms with Crippen LogP contribution < -0.4 is 5.73 Å². The minimum absolute atomic E-state index is 0. The van der Waals surface area contributed by atoms with Gasteiger partial charge in [0.2, 0.25) is 0 Å². The molecule has 0 spiro atoms. The Hall–Kier alpha value is -1.82. The molecule has 0 amide bonds. The summed E-state index contributed by atoms with van der Waals surface area (Å²) in [4.78, 5) is 8.08. The molecule has 4 nitrogen and oxygen atoms in total. The van der Waals surface area contributed by atoms with E-state index in [2.05, 4.69) is 45.9 Å². The van der Waals surface area contributed by atoms with Crippen LogP contribution in [0.25, 0.3) is 10.9 Å². The summed E-state index contributed by atoms with van der Waals surface area (Å²) < 4.78 is 2.44. The first-order valence-electron chi connectivity index (χ1n) is 8.88. The zero-order valence-corrected chi connectivity index (χ0v) is 16.6. The largest absolute Gasteiger partial charge is 0.383 e. The molecule has 1 aliphatic heterocycles. The summed E-state index contributed by atoms with van der Waals surface area (Å²) in [7, 11) is 2.22. The summed E-state index contributed by atoms with van der Waals surface area (Å²) in [5.74, 6) is 0.587. The number of amidine groups is 1. The lowest BCUT2D eigenvalue weighted by Crippen LogP contribution is -2.19. The molecule has 0 aliphatic carbocycles. The van der Waals surface area contributed by atoms with E-state index in [1.165, 1.54) is 36.7 Å². The number of fused-ring (bicyclic) bond motifs is 1. The van der Waals surface area contributed by atoms with Crippen molar-refractivity contribution in [2.75, 3.05) is 20.1 Å². The van der Waals surface area contributed by atoms with Crippen molar-refractivity contribution in [3.05, 3.63) is 52.9 Å². The van der Waals surface area contributed by atoms with Crippen LogP contribution in [-0.2, 0) is 0 Å². The van der Waals surface area contributed by atoms with Crippen LogP contribution >= 0.6 is 23.7 Å². The Morgan fingerprint density at radius 1 is 1.19 bits per heavy atom. The average molecular weight is 389 g/mol. The van der Waals surface area contributed by atoms with Gasteiger partial charge in [0.15, 0.2) is 0 Å². The van der Waals surface area contributed by atoms with Crippen LogP contribution in [0, 0.1) is 0 Å². The van der Waals surface area contributed by atoms with Crippen LogP contribution in [0.3, 0.4) is 0 Å². The molecule has 1 fully saturated rings. The second-order valence-electron chi connectivity index (χ2n) is 6.83. The molecule has 4 rings (SSSR count). The Balaban J connectivity index is 0.00000196. The highest BCUT2D eigenvalue weighted by Gasteiger charge is 2.17. The zero-order chi connectivity index (χ0) is 17.2. The smallest absolute Gasteiger partial charge is 0.141 e. The fourth-order valence-corrected chi connectivity index (χ4v) is 4.27. The number of halogens is 1. The number of benzene rings is 1. The molecule has 3 aromatic rings. The molecular weight excluding hydrogens is 364 g/mol. The number of hydrogen-bond acceptors (Lipinski definition) is 3. The van der Waals surface area contributed by atoms with E-state index in [-0.39, 0.29) is 12.4 Å². The number of nitrogens with two attached hydrogens (primary N) is 1. The van der Waals surface area contributed by atoms with Crippen LogP contribution in [0.15, 0.2) is 53.0 Å². The van der Waals surface area contributed by atoms with Gasteiger partial charge in [0, 0.05) is 12.2 Å². The van der Waals surface area contributed by atoms with E-state index in [0.29, 0.717) is 11.9 Å². The highest BCUT2D eigenvalue weighted by molar-refractivity contribution is 7.12. The maximum atomic E-state index is 6.16. The van der Waals surface area contributed by atoms with E-state index in [0.717, 1.165) is 17.1 Å². The van der Waals surface area contributed by atoms with Gasteiger partial charge in [-0.15, -0.1) is 23.7 Å². The number of aliphatic imine (C=N–C) groups is 1. The van der Waals surface area contributed by atoms with E-state index in [1.54, 1.807) is 11.3 Å². The van der Waals surface area contributed by atoms with Crippen molar-refractivity contribution in [3.63, 3.8) is 0 Å². The zero-order valence-electron chi connectivity index (χ0n) is 15.0. The molecule has 1 atom stereocenters. The number of nitrogens with zero attached hydrogens (tertiary/aromatic N) is 3. The third kappa shape index (κ3) is 3.95. The highest BCUT2D eigenvalue weighted by Crippen LogP contribution is 2.30. The van der Waals surface area contributed by atoms with Crippen molar-refractivity contribution in [2.45, 2.75) is 25.3 Å². The molecule has 0 bridgehead atoms. The Morgan fingerprint density at radius 3 is 2.88 bits per heavy atom. The predicted molar refractivity (Wildman–Crippen MR) is 114 cm³/mol. The Morgan fingerprint density at radius 2 is 2.08 bits per heavy atom. The molecule has 1 saturated heterocycles. The van der Waals surface area contributed by atoms with Gasteiger partial charge in [-0.05, 0) is 74.4 Å². The van der Waals surface area contributed by atoms with Gasteiger partial charge in [-0.1, -0.05) is 12.1 Å². The molecule has 138 valence electrons. The highest BCUT2D eigenvalue weighted by atomic mass is 35.5. The molecule has 2 aromatic heterocycles. The van der Waals surface area contributed by atoms with Crippen molar-refractivity contribution in [2.24, 2.45) is 10.7 Å². The maximum Gasteiger partial charge on any atom is 0.141 e. The van der Waals surface area contributed by atoms with Gasteiger partial charge in [-0.3, -0.25) is 0 Å². The number of thiophene rings is 1. The van der Waals surface area contributed by atoms with Crippen LogP contribution in [-0.4, -0.2) is 35.4 Å². The van der Waals surface area contributed by atoms with Crippen LogP contribution in [0.1, 0.15) is 30.2 Å². The van der Waals surface area contributed by atoms with Crippen molar-refractivity contribution >= 4 is 46.2 Å². The first-order chi connectivity index (χ1) is 12.2. The molecule has 0 saturated carbocycles. The standard InChI is InChI=1S/C20H24N4S.ClH/c1-23-10-2-4-17(9-11-23)24-12-8-15-6-7-16(14-18(15)24)22-20(21)19-5-3-13-25-19;/h3,5-8,12-14,17H,2,4,9-11H2,1H3,(H2,21,22);1H. The van der Waals surface area contributed by atoms with E-state index >= 15 is 0 Å². The second-order valence-corrected chi connectivity index (χ2v) is 7.78. The van der Waals surface area contributed by atoms with E-state index < -0.39 is 0 Å². The molecule has 1 aliphatic rings. The Bertz CT molecular complexity index is 884. The molecule has 2 N–H and O–H groups in total. The van der Waals surface area contributed by atoms with E-state index in [1.807, 2.05) is 23.6 Å². The molecule has 1 aromatic carbocycles. The van der Waals surface area contributed by atoms with Gasteiger partial charge in [0.25, 0.3) is 0 Å².